The predicted molar refractivity (Wildman–Crippen MR) is 221 cm³/mol. The molecular weight excluding hydrogens is 657 g/mol. The largest absolute Gasteiger partial charge is 0.377 e. The highest BCUT2D eigenvalue weighted by Gasteiger charge is 2.33. The van der Waals surface area contributed by atoms with Crippen LogP contribution in [0, 0.1) is 0 Å². The van der Waals surface area contributed by atoms with Crippen molar-refractivity contribution in [1.29, 1.82) is 0 Å². The summed E-state index contributed by atoms with van der Waals surface area (Å²) in [5.74, 6) is 0. The molecule has 0 spiro atoms. The van der Waals surface area contributed by atoms with E-state index in [2.05, 4.69) is 38.2 Å². The second-order valence-electron chi connectivity index (χ2n) is 15.0. The summed E-state index contributed by atoms with van der Waals surface area (Å²) >= 11 is 0. The maximum Gasteiger partial charge on any atom is 0.239 e. The summed E-state index contributed by atoms with van der Waals surface area (Å²) in [5.41, 5.74) is -1.21. The Hall–Kier alpha value is -0.770. The van der Waals surface area contributed by atoms with Gasteiger partial charge in [-0.1, -0.05) is 154 Å². The van der Waals surface area contributed by atoms with Crippen molar-refractivity contribution in [2.45, 2.75) is 205 Å². The van der Waals surface area contributed by atoms with E-state index in [0.717, 1.165) is 38.6 Å². The van der Waals surface area contributed by atoms with Gasteiger partial charge >= 0.3 is 0 Å². The normalized spacial score (nSPS) is 13.7. The van der Waals surface area contributed by atoms with E-state index in [4.69, 9.17) is 19.3 Å². The van der Waals surface area contributed by atoms with E-state index >= 15 is 0 Å². The molecule has 0 saturated heterocycles. The number of ether oxygens (including phenoxy) is 3. The molecule has 0 aromatic carbocycles. The molecule has 0 aliphatic rings. The molecule has 0 fully saturated rings. The lowest BCUT2D eigenvalue weighted by molar-refractivity contribution is -0.0778. The van der Waals surface area contributed by atoms with Crippen LogP contribution in [0.4, 0.5) is 0 Å². The van der Waals surface area contributed by atoms with Crippen LogP contribution >= 0.6 is 0 Å². The highest BCUT2D eigenvalue weighted by molar-refractivity contribution is 7.89. The molecule has 2 unspecified atom stereocenters. The first-order valence-corrected chi connectivity index (χ1v) is 23.2. The van der Waals surface area contributed by atoms with E-state index in [0.29, 0.717) is 19.8 Å². The molecule has 0 saturated carbocycles. The van der Waals surface area contributed by atoms with Crippen LogP contribution in [0.2, 0.25) is 0 Å². The lowest BCUT2D eigenvalue weighted by Crippen LogP contribution is -2.45. The van der Waals surface area contributed by atoms with Crippen molar-refractivity contribution in [1.82, 2.24) is 4.90 Å². The van der Waals surface area contributed by atoms with Gasteiger partial charge < -0.3 is 19.1 Å². The minimum atomic E-state index is -3.96. The van der Waals surface area contributed by atoms with Gasteiger partial charge in [0.2, 0.25) is 15.5 Å². The highest BCUT2D eigenvalue weighted by atomic mass is 32.2. The Labute approximate surface area is 318 Å². The smallest absolute Gasteiger partial charge is 0.239 e. The van der Waals surface area contributed by atoms with Gasteiger partial charge in [-0.3, -0.25) is 0 Å². The van der Waals surface area contributed by atoms with E-state index in [-0.39, 0.29) is 6.61 Å². The molecule has 0 aromatic rings. The topological polar surface area (TPSA) is 91.1 Å². The van der Waals surface area contributed by atoms with Gasteiger partial charge in [0.05, 0.1) is 13.2 Å². The van der Waals surface area contributed by atoms with Gasteiger partial charge in [0.25, 0.3) is 0 Å². The Balaban J connectivity index is 4.24. The Morgan fingerprint density at radius 3 is 1.24 bits per heavy atom. The molecule has 2 N–H and O–H groups in total. The SMILES string of the molecule is CCCCCCCC/C=C\CCCCCCCCOC(COCCN(C)C)C(OCCCCCCCC/C=C\CCCCCCCC)S(N)(=O)=O. The minimum Gasteiger partial charge on any atom is -0.377 e. The lowest BCUT2D eigenvalue weighted by atomic mass is 10.1. The number of nitrogens with two attached hydrogens (primary N) is 1. The molecule has 8 heteroatoms. The monoisotopic (exact) mass is 743 g/mol. The molecule has 0 aliphatic carbocycles. The van der Waals surface area contributed by atoms with Crippen LogP contribution in [-0.2, 0) is 24.2 Å². The number of rotatable bonds is 41. The van der Waals surface area contributed by atoms with Gasteiger partial charge in [-0.15, -0.1) is 0 Å². The van der Waals surface area contributed by atoms with Crippen LogP contribution in [0.1, 0.15) is 194 Å². The lowest BCUT2D eigenvalue weighted by Gasteiger charge is -2.26. The van der Waals surface area contributed by atoms with Gasteiger partial charge in [0.1, 0.15) is 6.10 Å². The van der Waals surface area contributed by atoms with Gasteiger partial charge in [-0.2, -0.15) is 0 Å². The van der Waals surface area contributed by atoms with Gasteiger partial charge in [0, 0.05) is 19.8 Å². The zero-order valence-corrected chi connectivity index (χ0v) is 35.1. The van der Waals surface area contributed by atoms with Crippen molar-refractivity contribution < 1.29 is 22.6 Å². The fourth-order valence-electron chi connectivity index (χ4n) is 6.20. The average Bonchev–Trinajstić information content (AvgIpc) is 3.09. The molecule has 304 valence electrons. The van der Waals surface area contributed by atoms with Crippen LogP contribution < -0.4 is 5.14 Å². The zero-order chi connectivity index (χ0) is 37.5. The number of nitrogens with zero attached hydrogens (tertiary/aromatic N) is 1. The van der Waals surface area contributed by atoms with Crippen molar-refractivity contribution in [2.75, 3.05) is 47.1 Å². The molecule has 0 aromatic heterocycles. The Kier molecular flexibility index (Phi) is 38.4. The Morgan fingerprint density at radius 2 is 0.863 bits per heavy atom. The summed E-state index contributed by atoms with van der Waals surface area (Å²) in [6, 6.07) is 0. The highest BCUT2D eigenvalue weighted by Crippen LogP contribution is 2.16. The summed E-state index contributed by atoms with van der Waals surface area (Å²) in [5, 5.41) is 5.66. The predicted octanol–water partition coefficient (Wildman–Crippen LogP) is 11.7. The third-order valence-corrected chi connectivity index (χ3v) is 10.6. The van der Waals surface area contributed by atoms with Crippen molar-refractivity contribution in [3.8, 4) is 0 Å². The first kappa shape index (κ1) is 50.2. The minimum absolute atomic E-state index is 0.148. The molecule has 51 heavy (non-hydrogen) atoms. The number of hydrogen-bond donors (Lipinski definition) is 1. The van der Waals surface area contributed by atoms with Crippen molar-refractivity contribution in [3.05, 3.63) is 24.3 Å². The molecule has 0 bridgehead atoms. The maximum atomic E-state index is 12.6. The third kappa shape index (κ3) is 37.3. The van der Waals surface area contributed by atoms with E-state index < -0.39 is 21.6 Å². The summed E-state index contributed by atoms with van der Waals surface area (Å²) in [6.07, 6.45) is 43.3. The average molecular weight is 743 g/mol. The van der Waals surface area contributed by atoms with E-state index in [9.17, 15) is 8.42 Å². The number of unbranched alkanes of at least 4 members (excludes halogenated alkanes) is 24. The van der Waals surface area contributed by atoms with Gasteiger partial charge in [-0.25, -0.2) is 13.6 Å². The molecule has 0 rings (SSSR count). The molecule has 0 amide bonds. The van der Waals surface area contributed by atoms with Crippen molar-refractivity contribution in [2.24, 2.45) is 5.14 Å². The fraction of sp³-hybridized carbons (Fsp3) is 0.907. The van der Waals surface area contributed by atoms with Crippen LogP contribution in [0.25, 0.3) is 0 Å². The van der Waals surface area contributed by atoms with E-state index in [1.54, 1.807) is 0 Å². The number of sulfonamides is 1. The second kappa shape index (κ2) is 38.9. The molecule has 0 radical (unpaired) electrons. The van der Waals surface area contributed by atoms with Gasteiger partial charge in [0.15, 0.2) is 0 Å². The summed E-state index contributed by atoms with van der Waals surface area (Å²) in [6.45, 7) is 6.76. The van der Waals surface area contributed by atoms with Crippen LogP contribution in [0.3, 0.4) is 0 Å². The maximum absolute atomic E-state index is 12.6. The second-order valence-corrected chi connectivity index (χ2v) is 16.6. The molecule has 0 heterocycles. The Morgan fingerprint density at radius 1 is 0.510 bits per heavy atom. The first-order valence-electron chi connectivity index (χ1n) is 21.6. The fourth-order valence-corrected chi connectivity index (χ4v) is 7.07. The van der Waals surface area contributed by atoms with Crippen LogP contribution in [0.5, 0.6) is 0 Å². The number of hydrogen-bond acceptors (Lipinski definition) is 6. The zero-order valence-electron chi connectivity index (χ0n) is 34.3. The van der Waals surface area contributed by atoms with Crippen molar-refractivity contribution >= 4 is 10.0 Å². The Bertz CT molecular complexity index is 864. The summed E-state index contributed by atoms with van der Waals surface area (Å²) in [7, 11) is 0.00351. The first-order chi connectivity index (χ1) is 24.8. The van der Waals surface area contributed by atoms with Crippen LogP contribution in [0.15, 0.2) is 24.3 Å². The number of likely N-dealkylation sites (N-methyl/N-ethyl adjacent to an activating group) is 1. The molecule has 0 aliphatic heterocycles. The summed E-state index contributed by atoms with van der Waals surface area (Å²) < 4.78 is 43.0. The summed E-state index contributed by atoms with van der Waals surface area (Å²) in [4.78, 5) is 2.03. The third-order valence-electron chi connectivity index (χ3n) is 9.52. The standard InChI is InChI=1S/C43H86N2O5S/c1-5-7-9-11-13-15-17-19-21-23-25-27-29-31-33-35-38-49-42(41-48-40-37-45(3)4)43(51(44,46)47)50-39-36-34-32-30-28-26-24-22-20-18-16-14-12-10-8-6-2/h19-22,42-43H,5-18,23-41H2,1-4H3,(H2,44,46,47)/b21-19-,22-20-. The molecule has 7 nitrogen and oxygen atoms in total. The number of allylic oxidation sites excluding steroid dienone is 4. The number of primary sulfonamides is 1. The molecular formula is C43H86N2O5S. The van der Waals surface area contributed by atoms with E-state index in [1.807, 2.05) is 19.0 Å². The van der Waals surface area contributed by atoms with Crippen LogP contribution in [-0.4, -0.2) is 71.9 Å². The van der Waals surface area contributed by atoms with Crippen molar-refractivity contribution in [3.63, 3.8) is 0 Å². The quantitative estimate of drug-likeness (QED) is 0.0495. The van der Waals surface area contributed by atoms with Gasteiger partial charge in [-0.05, 0) is 78.3 Å². The van der Waals surface area contributed by atoms with E-state index in [1.165, 1.54) is 148 Å². The molecule has 2 atom stereocenters.